The first-order valence-corrected chi connectivity index (χ1v) is 17.2. The summed E-state index contributed by atoms with van der Waals surface area (Å²) in [5.74, 6) is 0.0316. The third-order valence-electron chi connectivity index (χ3n) is 7.91. The summed E-state index contributed by atoms with van der Waals surface area (Å²) in [5, 5.41) is 9.36. The van der Waals surface area contributed by atoms with Crippen molar-refractivity contribution in [3.05, 3.63) is 0 Å². The average Bonchev–Trinajstić information content (AvgIpc) is 2.91. The Hall–Kier alpha value is -0.610. The summed E-state index contributed by atoms with van der Waals surface area (Å²) in [5.41, 5.74) is 0. The smallest absolute Gasteiger partial charge is 0.306 e. The molecule has 0 aromatic rings. The van der Waals surface area contributed by atoms with E-state index in [9.17, 15) is 9.90 Å². The Bertz CT molecular complexity index is 455. The molecule has 0 radical (unpaired) electrons. The van der Waals surface area contributed by atoms with Gasteiger partial charge in [0.15, 0.2) is 0 Å². The van der Waals surface area contributed by atoms with Gasteiger partial charge >= 0.3 is 5.97 Å². The van der Waals surface area contributed by atoms with E-state index in [1.165, 1.54) is 128 Å². The van der Waals surface area contributed by atoms with Crippen molar-refractivity contribution >= 4 is 5.97 Å². The molecule has 0 aromatic heterocycles. The van der Waals surface area contributed by atoms with E-state index in [-0.39, 0.29) is 18.7 Å². The highest BCUT2D eigenvalue weighted by Crippen LogP contribution is 2.18. The number of hydrogen-bond donors (Lipinski definition) is 1. The van der Waals surface area contributed by atoms with Gasteiger partial charge in [-0.1, -0.05) is 130 Å². The van der Waals surface area contributed by atoms with Gasteiger partial charge in [0.05, 0.1) is 6.61 Å². The molecule has 0 saturated heterocycles. The molecule has 1 N–H and O–H groups in total. The second-order valence-corrected chi connectivity index (χ2v) is 11.7. The van der Waals surface area contributed by atoms with Crippen LogP contribution in [0.15, 0.2) is 0 Å². The molecule has 0 fully saturated rings. The van der Waals surface area contributed by atoms with Crippen LogP contribution in [-0.4, -0.2) is 48.3 Å². The first kappa shape index (κ1) is 37.4. The highest BCUT2D eigenvalue weighted by Gasteiger charge is 2.14. The van der Waals surface area contributed by atoms with Gasteiger partial charge in [0.25, 0.3) is 0 Å². The summed E-state index contributed by atoms with van der Waals surface area (Å²) in [6, 6.07) is 0. The molecule has 0 aromatic carbocycles. The Morgan fingerprint density at radius 3 is 1.39 bits per heavy atom. The molecule has 4 nitrogen and oxygen atoms in total. The predicted octanol–water partition coefficient (Wildman–Crippen LogP) is 10.0. The Morgan fingerprint density at radius 2 is 0.947 bits per heavy atom. The molecule has 0 atom stereocenters. The van der Waals surface area contributed by atoms with Crippen molar-refractivity contribution in [2.24, 2.45) is 0 Å². The number of ether oxygens (including phenoxy) is 1. The van der Waals surface area contributed by atoms with Gasteiger partial charge < -0.3 is 14.7 Å². The number of aliphatic hydroxyl groups excluding tert-OH is 1. The van der Waals surface area contributed by atoms with Gasteiger partial charge in [-0.2, -0.15) is 0 Å². The van der Waals surface area contributed by atoms with Crippen LogP contribution in [0.4, 0.5) is 0 Å². The molecule has 0 aliphatic rings. The summed E-state index contributed by atoms with van der Waals surface area (Å²) in [6.45, 7) is 10.1. The van der Waals surface area contributed by atoms with E-state index in [0.29, 0.717) is 6.42 Å². The second kappa shape index (κ2) is 30.9. The molecule has 38 heavy (non-hydrogen) atoms. The zero-order chi connectivity index (χ0) is 27.9. The second-order valence-electron chi connectivity index (χ2n) is 11.7. The van der Waals surface area contributed by atoms with Crippen molar-refractivity contribution in [2.75, 3.05) is 26.2 Å². The number of aliphatic hydroxyl groups is 1. The highest BCUT2D eigenvalue weighted by molar-refractivity contribution is 5.69. The normalized spacial score (nSPS) is 11.6. The summed E-state index contributed by atoms with van der Waals surface area (Å²) in [6.07, 6.45) is 30.6. The van der Waals surface area contributed by atoms with Crippen molar-refractivity contribution in [1.29, 1.82) is 0 Å². The maximum atomic E-state index is 12.6. The summed E-state index contributed by atoms with van der Waals surface area (Å²) in [7, 11) is 0. The number of carbonyl (C=O) groups is 1. The topological polar surface area (TPSA) is 49.8 Å². The third-order valence-corrected chi connectivity index (χ3v) is 7.91. The predicted molar refractivity (Wildman–Crippen MR) is 166 cm³/mol. The lowest BCUT2D eigenvalue weighted by molar-refractivity contribution is -0.150. The van der Waals surface area contributed by atoms with E-state index in [1.807, 2.05) is 0 Å². The summed E-state index contributed by atoms with van der Waals surface area (Å²) in [4.78, 5) is 15.0. The number of rotatable bonds is 31. The molecule has 0 aliphatic heterocycles. The first-order chi connectivity index (χ1) is 18.7. The molecular weight excluding hydrogens is 470 g/mol. The zero-order valence-electron chi connectivity index (χ0n) is 26.3. The van der Waals surface area contributed by atoms with Crippen LogP contribution in [0.2, 0.25) is 0 Å². The van der Waals surface area contributed by atoms with E-state index >= 15 is 0 Å². The van der Waals surface area contributed by atoms with Gasteiger partial charge in [-0.25, -0.2) is 0 Å². The molecule has 228 valence electrons. The van der Waals surface area contributed by atoms with Crippen LogP contribution in [0.25, 0.3) is 0 Å². The molecule has 0 saturated carbocycles. The fraction of sp³-hybridized carbons (Fsp3) is 0.971. The minimum absolute atomic E-state index is 0.0316. The zero-order valence-corrected chi connectivity index (χ0v) is 26.3. The molecule has 0 unspecified atom stereocenters. The van der Waals surface area contributed by atoms with E-state index in [1.54, 1.807) is 0 Å². The van der Waals surface area contributed by atoms with Crippen LogP contribution < -0.4 is 0 Å². The molecule has 0 spiro atoms. The molecule has 0 rings (SSSR count). The lowest BCUT2D eigenvalue weighted by Crippen LogP contribution is -2.29. The summed E-state index contributed by atoms with van der Waals surface area (Å²) >= 11 is 0. The van der Waals surface area contributed by atoms with Crippen LogP contribution in [-0.2, 0) is 9.53 Å². The molecule has 0 bridgehead atoms. The number of esters is 1. The Labute approximate surface area is 239 Å². The molecule has 4 heteroatoms. The van der Waals surface area contributed by atoms with Crippen molar-refractivity contribution < 1.29 is 14.6 Å². The van der Waals surface area contributed by atoms with Crippen molar-refractivity contribution in [2.45, 2.75) is 187 Å². The number of hydrogen-bond acceptors (Lipinski definition) is 4. The number of nitrogens with zero attached hydrogens (tertiary/aromatic N) is 1. The van der Waals surface area contributed by atoms with E-state index in [0.717, 1.165) is 45.3 Å². The Morgan fingerprint density at radius 1 is 0.553 bits per heavy atom. The molecule has 0 heterocycles. The highest BCUT2D eigenvalue weighted by atomic mass is 16.5. The van der Waals surface area contributed by atoms with Crippen LogP contribution >= 0.6 is 0 Å². The lowest BCUT2D eigenvalue weighted by atomic mass is 10.0. The Kier molecular flexibility index (Phi) is 30.4. The van der Waals surface area contributed by atoms with Crippen LogP contribution in [0.3, 0.4) is 0 Å². The third kappa shape index (κ3) is 27.0. The standard InChI is InChI=1S/C34H69NO3/c1-4-7-10-13-16-21-26-33(27-22-17-14-11-8-5-2)38-34(37)28-23-18-15-20-25-30-35(31-32-36)29-24-19-12-9-6-3/h33,36H,4-32H2,1-3H3. The van der Waals surface area contributed by atoms with Crippen molar-refractivity contribution in [3.8, 4) is 0 Å². The number of carbonyl (C=O) groups excluding carboxylic acids is 1. The van der Waals surface area contributed by atoms with Gasteiger partial charge in [-0.05, 0) is 58.0 Å². The minimum atomic E-state index is 0.0316. The van der Waals surface area contributed by atoms with Gasteiger partial charge in [0.2, 0.25) is 0 Å². The van der Waals surface area contributed by atoms with Crippen molar-refractivity contribution in [1.82, 2.24) is 4.90 Å². The van der Waals surface area contributed by atoms with Crippen LogP contribution in [0.5, 0.6) is 0 Å². The van der Waals surface area contributed by atoms with Gasteiger partial charge in [0, 0.05) is 13.0 Å². The van der Waals surface area contributed by atoms with E-state index < -0.39 is 0 Å². The first-order valence-electron chi connectivity index (χ1n) is 17.2. The summed E-state index contributed by atoms with van der Waals surface area (Å²) < 4.78 is 5.98. The Balaban J connectivity index is 4.05. The molecule has 0 amide bonds. The average molecular weight is 540 g/mol. The maximum absolute atomic E-state index is 12.6. The molecular formula is C34H69NO3. The van der Waals surface area contributed by atoms with E-state index in [2.05, 4.69) is 25.7 Å². The lowest BCUT2D eigenvalue weighted by Gasteiger charge is -2.21. The monoisotopic (exact) mass is 540 g/mol. The fourth-order valence-corrected chi connectivity index (χ4v) is 5.36. The minimum Gasteiger partial charge on any atom is -0.462 e. The fourth-order valence-electron chi connectivity index (χ4n) is 5.36. The van der Waals surface area contributed by atoms with Gasteiger partial charge in [0.1, 0.15) is 6.10 Å². The van der Waals surface area contributed by atoms with Gasteiger partial charge in [-0.15, -0.1) is 0 Å². The molecule has 0 aliphatic carbocycles. The SMILES string of the molecule is CCCCCCCCC(CCCCCCCC)OC(=O)CCCCCCCN(CCO)CCCCCCC. The maximum Gasteiger partial charge on any atom is 0.306 e. The number of unbranched alkanes of at least 4 members (excludes halogenated alkanes) is 18. The van der Waals surface area contributed by atoms with Gasteiger partial charge in [-0.3, -0.25) is 4.79 Å². The van der Waals surface area contributed by atoms with Crippen LogP contribution in [0.1, 0.15) is 181 Å². The van der Waals surface area contributed by atoms with Crippen molar-refractivity contribution in [3.63, 3.8) is 0 Å². The largest absolute Gasteiger partial charge is 0.462 e. The van der Waals surface area contributed by atoms with Crippen LogP contribution in [0, 0.1) is 0 Å². The van der Waals surface area contributed by atoms with E-state index in [4.69, 9.17) is 4.74 Å². The quantitative estimate of drug-likeness (QED) is 0.0703.